The number of carbonyl (C=O) groups excluding carboxylic acids is 2. The Bertz CT molecular complexity index is 1300. The normalized spacial score (nSPS) is 14.9. The average molecular weight is 489 g/mol. The first-order valence-corrected chi connectivity index (χ1v) is 12.7. The summed E-state index contributed by atoms with van der Waals surface area (Å²) in [6.07, 6.45) is 0. The summed E-state index contributed by atoms with van der Waals surface area (Å²) in [4.78, 5) is 30.4. The number of hydrogen-bond acceptors (Lipinski definition) is 7. The van der Waals surface area contributed by atoms with Crippen LogP contribution in [0.15, 0.2) is 47.4 Å². The summed E-state index contributed by atoms with van der Waals surface area (Å²) in [7, 11) is -3.78. The highest BCUT2D eigenvalue weighted by molar-refractivity contribution is 7.89. The monoisotopic (exact) mass is 488 g/mol. The van der Waals surface area contributed by atoms with E-state index in [9.17, 15) is 18.0 Å². The summed E-state index contributed by atoms with van der Waals surface area (Å²) in [5, 5.41) is 3.16. The van der Waals surface area contributed by atoms with E-state index in [-0.39, 0.29) is 29.5 Å². The third kappa shape index (κ3) is 5.00. The molecule has 33 heavy (non-hydrogen) atoms. The molecule has 0 radical (unpaired) electrons. The number of nitrogens with one attached hydrogen (secondary N) is 1. The van der Waals surface area contributed by atoms with Gasteiger partial charge in [-0.3, -0.25) is 14.9 Å². The summed E-state index contributed by atoms with van der Waals surface area (Å²) in [5.74, 6) is 0.209. The van der Waals surface area contributed by atoms with Gasteiger partial charge in [0, 0.05) is 38.7 Å². The number of benzene rings is 2. The van der Waals surface area contributed by atoms with Crippen molar-refractivity contribution < 1.29 is 22.7 Å². The predicted molar refractivity (Wildman–Crippen MR) is 126 cm³/mol. The summed E-state index contributed by atoms with van der Waals surface area (Å²) in [6.45, 7) is 5.05. The lowest BCUT2D eigenvalue weighted by Crippen LogP contribution is -2.49. The molecule has 0 aliphatic carbocycles. The number of rotatable bonds is 6. The summed E-state index contributed by atoms with van der Waals surface area (Å²) < 4.78 is 33.8. The average Bonchev–Trinajstić information content (AvgIpc) is 3.21. The van der Waals surface area contributed by atoms with Crippen LogP contribution in [0.4, 0.5) is 5.13 Å². The van der Waals surface area contributed by atoms with Crippen molar-refractivity contribution >= 4 is 48.5 Å². The molecule has 2 aromatic carbocycles. The van der Waals surface area contributed by atoms with Gasteiger partial charge >= 0.3 is 0 Å². The Morgan fingerprint density at radius 1 is 1.12 bits per heavy atom. The third-order valence-electron chi connectivity index (χ3n) is 5.31. The number of thiazole rings is 1. The molecule has 3 aromatic rings. The molecule has 1 N–H and O–H groups in total. The maximum Gasteiger partial charge on any atom is 0.257 e. The molecule has 0 spiro atoms. The molecule has 4 rings (SSSR count). The van der Waals surface area contributed by atoms with Gasteiger partial charge in [-0.1, -0.05) is 17.4 Å². The van der Waals surface area contributed by atoms with Gasteiger partial charge in [-0.25, -0.2) is 13.4 Å². The fourth-order valence-corrected chi connectivity index (χ4v) is 5.93. The van der Waals surface area contributed by atoms with Crippen LogP contribution in [-0.4, -0.2) is 67.2 Å². The van der Waals surface area contributed by atoms with E-state index in [1.54, 1.807) is 17.0 Å². The number of carbonyl (C=O) groups is 2. The topological polar surface area (TPSA) is 109 Å². The lowest BCUT2D eigenvalue weighted by atomic mass is 10.2. The minimum absolute atomic E-state index is 0.0390. The second-order valence-corrected chi connectivity index (χ2v) is 10.4. The number of ether oxygens (including phenoxy) is 1. The van der Waals surface area contributed by atoms with Crippen LogP contribution in [0.1, 0.15) is 24.2 Å². The van der Waals surface area contributed by atoms with Gasteiger partial charge in [0.2, 0.25) is 15.9 Å². The van der Waals surface area contributed by atoms with Crippen LogP contribution in [0.3, 0.4) is 0 Å². The van der Waals surface area contributed by atoms with E-state index < -0.39 is 15.9 Å². The van der Waals surface area contributed by atoms with Crippen molar-refractivity contribution in [3.8, 4) is 5.75 Å². The van der Waals surface area contributed by atoms with Gasteiger partial charge in [0.1, 0.15) is 5.75 Å². The highest BCUT2D eigenvalue weighted by Crippen LogP contribution is 2.29. The van der Waals surface area contributed by atoms with Gasteiger partial charge in [-0.2, -0.15) is 4.31 Å². The summed E-state index contributed by atoms with van der Waals surface area (Å²) >= 11 is 1.31. The lowest BCUT2D eigenvalue weighted by molar-refractivity contribution is -0.129. The highest BCUT2D eigenvalue weighted by atomic mass is 32.2. The van der Waals surface area contributed by atoms with Crippen LogP contribution in [0.2, 0.25) is 0 Å². The molecular weight excluding hydrogens is 464 g/mol. The zero-order valence-corrected chi connectivity index (χ0v) is 19.9. The molecule has 0 bridgehead atoms. The second kappa shape index (κ2) is 9.46. The Hall–Kier alpha value is -3.02. The van der Waals surface area contributed by atoms with E-state index in [1.165, 1.54) is 34.7 Å². The van der Waals surface area contributed by atoms with Crippen molar-refractivity contribution in [3.63, 3.8) is 0 Å². The molecule has 2 amide bonds. The van der Waals surface area contributed by atoms with Crippen molar-refractivity contribution in [3.05, 3.63) is 48.0 Å². The molecule has 1 aliphatic rings. The molecule has 1 aliphatic heterocycles. The number of aromatic nitrogens is 1. The number of sulfonamides is 1. The fourth-order valence-electron chi connectivity index (χ4n) is 3.57. The van der Waals surface area contributed by atoms with E-state index in [4.69, 9.17) is 4.74 Å². The van der Waals surface area contributed by atoms with Crippen molar-refractivity contribution in [2.24, 2.45) is 0 Å². The maximum atomic E-state index is 13.1. The number of nitrogens with zero attached hydrogens (tertiary/aromatic N) is 3. The number of amides is 2. The first-order valence-electron chi connectivity index (χ1n) is 10.5. The fraction of sp³-hybridized carbons (Fsp3) is 0.318. The molecule has 2 heterocycles. The Labute approximate surface area is 196 Å². The SMILES string of the molecule is CCOc1ccc2nc(NC(=O)c3cccc(S(=O)(=O)N4CCN(C(C)=O)CC4)c3)sc2c1. The molecule has 174 valence electrons. The Balaban J connectivity index is 1.50. The molecule has 11 heteroatoms. The zero-order valence-electron chi connectivity index (χ0n) is 18.3. The third-order valence-corrected chi connectivity index (χ3v) is 8.14. The number of fused-ring (bicyclic) bond motifs is 1. The summed E-state index contributed by atoms with van der Waals surface area (Å²) in [6, 6.07) is 11.4. The molecule has 1 aromatic heterocycles. The summed E-state index contributed by atoms with van der Waals surface area (Å²) in [5.41, 5.74) is 0.951. The predicted octanol–water partition coefficient (Wildman–Crippen LogP) is 2.80. The van der Waals surface area contributed by atoms with Gasteiger partial charge < -0.3 is 9.64 Å². The molecular formula is C22H24N4O5S2. The van der Waals surface area contributed by atoms with E-state index >= 15 is 0 Å². The first kappa shape index (κ1) is 23.1. The number of anilines is 1. The first-order chi connectivity index (χ1) is 15.8. The quantitative estimate of drug-likeness (QED) is 0.572. The van der Waals surface area contributed by atoms with Crippen LogP contribution in [-0.2, 0) is 14.8 Å². The standard InChI is InChI=1S/C22H24N4O5S2/c1-3-31-17-7-8-19-20(14-17)32-22(23-19)24-21(28)16-5-4-6-18(13-16)33(29,30)26-11-9-25(10-12-26)15(2)27/h4-8,13-14H,3,9-12H2,1-2H3,(H,23,24,28). The largest absolute Gasteiger partial charge is 0.494 e. The maximum absolute atomic E-state index is 13.1. The Morgan fingerprint density at radius 3 is 2.58 bits per heavy atom. The van der Waals surface area contributed by atoms with Gasteiger partial charge in [0.25, 0.3) is 5.91 Å². The highest BCUT2D eigenvalue weighted by Gasteiger charge is 2.29. The smallest absolute Gasteiger partial charge is 0.257 e. The molecule has 0 atom stereocenters. The number of piperazine rings is 1. The Morgan fingerprint density at radius 2 is 1.88 bits per heavy atom. The molecule has 0 saturated carbocycles. The minimum Gasteiger partial charge on any atom is -0.494 e. The Kier molecular flexibility index (Phi) is 6.63. The van der Waals surface area contributed by atoms with Crippen LogP contribution >= 0.6 is 11.3 Å². The van der Waals surface area contributed by atoms with Gasteiger partial charge in [0.15, 0.2) is 5.13 Å². The van der Waals surface area contributed by atoms with E-state index in [0.717, 1.165) is 16.0 Å². The van der Waals surface area contributed by atoms with Crippen molar-refractivity contribution in [2.75, 3.05) is 38.1 Å². The number of hydrogen-bond donors (Lipinski definition) is 1. The second-order valence-electron chi connectivity index (χ2n) is 7.47. The van der Waals surface area contributed by atoms with Crippen LogP contribution < -0.4 is 10.1 Å². The van der Waals surface area contributed by atoms with Crippen molar-refractivity contribution in [2.45, 2.75) is 18.7 Å². The lowest BCUT2D eigenvalue weighted by Gasteiger charge is -2.33. The van der Waals surface area contributed by atoms with Crippen molar-refractivity contribution in [1.82, 2.24) is 14.2 Å². The molecule has 0 unspecified atom stereocenters. The molecule has 9 nitrogen and oxygen atoms in total. The van der Waals surface area contributed by atoms with Crippen LogP contribution in [0.25, 0.3) is 10.2 Å². The van der Waals surface area contributed by atoms with E-state index in [2.05, 4.69) is 10.3 Å². The van der Waals surface area contributed by atoms with Crippen molar-refractivity contribution in [1.29, 1.82) is 0 Å². The molecule has 1 saturated heterocycles. The van der Waals surface area contributed by atoms with Gasteiger partial charge in [-0.15, -0.1) is 0 Å². The van der Waals surface area contributed by atoms with Gasteiger partial charge in [0.05, 0.1) is 21.7 Å². The van der Waals surface area contributed by atoms with Crippen LogP contribution in [0, 0.1) is 0 Å². The van der Waals surface area contributed by atoms with Gasteiger partial charge in [-0.05, 0) is 43.3 Å². The molecule has 1 fully saturated rings. The van der Waals surface area contributed by atoms with E-state index in [0.29, 0.717) is 24.8 Å². The zero-order chi connectivity index (χ0) is 23.6. The minimum atomic E-state index is -3.78. The van der Waals surface area contributed by atoms with Crippen LogP contribution in [0.5, 0.6) is 5.75 Å². The van der Waals surface area contributed by atoms with E-state index in [1.807, 2.05) is 25.1 Å².